The quantitative estimate of drug-likeness (QED) is 0.374. The van der Waals surface area contributed by atoms with Crippen molar-refractivity contribution in [1.82, 2.24) is 24.2 Å². The number of aryl methyl sites for hydroxylation is 1. The first-order valence-electron chi connectivity index (χ1n) is 11.2. The molecule has 38 heavy (non-hydrogen) atoms. The predicted octanol–water partition coefficient (Wildman–Crippen LogP) is 4.91. The van der Waals surface area contributed by atoms with Gasteiger partial charge in [-0.3, -0.25) is 9.69 Å². The first-order chi connectivity index (χ1) is 17.9. The van der Waals surface area contributed by atoms with Crippen LogP contribution in [0.2, 0.25) is 0 Å². The molecular weight excluding hydrogens is 540 g/mol. The van der Waals surface area contributed by atoms with Crippen LogP contribution in [0.3, 0.4) is 0 Å². The summed E-state index contributed by atoms with van der Waals surface area (Å²) in [5.41, 5.74) is -0.251. The summed E-state index contributed by atoms with van der Waals surface area (Å²) in [6, 6.07) is 3.07. The highest BCUT2D eigenvalue weighted by Gasteiger charge is 2.35. The SMILES string of the molecule is Cc1nsc(Nc2cnc(C(F)(F)F)cn2)c1C(=O)Nc1ccc(OC[C@@H]2CCN(CC(F)(F)F)C2)nc1. The van der Waals surface area contributed by atoms with Crippen molar-refractivity contribution in [2.75, 3.05) is 36.9 Å². The molecule has 1 amide bonds. The predicted molar refractivity (Wildman–Crippen MR) is 125 cm³/mol. The molecule has 4 rings (SSSR count). The van der Waals surface area contributed by atoms with Crippen molar-refractivity contribution in [1.29, 1.82) is 0 Å². The fourth-order valence-electron chi connectivity index (χ4n) is 3.76. The van der Waals surface area contributed by atoms with E-state index in [1.165, 1.54) is 17.2 Å². The maximum absolute atomic E-state index is 12.9. The molecule has 0 aliphatic carbocycles. The van der Waals surface area contributed by atoms with Crippen LogP contribution in [0.4, 0.5) is 42.8 Å². The summed E-state index contributed by atoms with van der Waals surface area (Å²) in [5.74, 6) is -0.325. The maximum atomic E-state index is 12.9. The fraction of sp³-hybridized carbons (Fsp3) is 0.409. The largest absolute Gasteiger partial charge is 0.477 e. The van der Waals surface area contributed by atoms with Crippen LogP contribution in [-0.4, -0.2) is 62.6 Å². The monoisotopic (exact) mass is 561 g/mol. The van der Waals surface area contributed by atoms with Crippen molar-refractivity contribution in [2.45, 2.75) is 25.7 Å². The Morgan fingerprint density at radius 3 is 2.55 bits per heavy atom. The Morgan fingerprint density at radius 1 is 1.13 bits per heavy atom. The van der Waals surface area contributed by atoms with Crippen LogP contribution in [0.25, 0.3) is 0 Å². The molecule has 3 aromatic heterocycles. The summed E-state index contributed by atoms with van der Waals surface area (Å²) >= 11 is 0.930. The lowest BCUT2D eigenvalue weighted by Crippen LogP contribution is -2.32. The number of carbonyl (C=O) groups is 1. The van der Waals surface area contributed by atoms with Crippen LogP contribution in [0.15, 0.2) is 30.7 Å². The topological polar surface area (TPSA) is 105 Å². The number of nitrogens with one attached hydrogen (secondary N) is 2. The van der Waals surface area contributed by atoms with Gasteiger partial charge in [-0.25, -0.2) is 15.0 Å². The number of hydrogen-bond donors (Lipinski definition) is 2. The standard InChI is InChI=1S/C22H21F6N7O2S/c1-12-18(20(38-34-12)33-16-8-29-15(7-30-16)22(26,27)28)19(36)32-14-2-3-17(31-6-14)37-10-13-4-5-35(9-13)11-21(23,24)25/h2-3,6-8,13H,4-5,9-11H2,1H3,(H,30,33)(H,32,36)/t13-/m1/s1. The van der Waals surface area contributed by atoms with Gasteiger partial charge in [-0.15, -0.1) is 0 Å². The van der Waals surface area contributed by atoms with E-state index in [0.29, 0.717) is 30.5 Å². The summed E-state index contributed by atoms with van der Waals surface area (Å²) in [6.45, 7) is 1.52. The second-order valence-electron chi connectivity index (χ2n) is 8.54. The molecule has 1 aliphatic heterocycles. The van der Waals surface area contributed by atoms with E-state index in [2.05, 4.69) is 30.0 Å². The molecule has 9 nitrogen and oxygen atoms in total. The molecule has 4 heterocycles. The van der Waals surface area contributed by atoms with E-state index < -0.39 is 30.5 Å². The van der Waals surface area contributed by atoms with Crippen molar-refractivity contribution in [3.05, 3.63) is 47.7 Å². The Balaban J connectivity index is 1.32. The Labute approximate surface area is 216 Å². The summed E-state index contributed by atoms with van der Waals surface area (Å²) < 4.78 is 85.4. The normalized spacial score (nSPS) is 16.4. The number of amides is 1. The second-order valence-corrected chi connectivity index (χ2v) is 9.31. The van der Waals surface area contributed by atoms with Gasteiger partial charge in [0.15, 0.2) is 5.69 Å². The number of ether oxygens (including phenoxy) is 1. The van der Waals surface area contributed by atoms with Gasteiger partial charge in [0, 0.05) is 18.5 Å². The number of alkyl halides is 6. The molecule has 1 fully saturated rings. The zero-order valence-electron chi connectivity index (χ0n) is 19.7. The van der Waals surface area contributed by atoms with Crippen molar-refractivity contribution in [3.8, 4) is 5.88 Å². The minimum atomic E-state index is -4.62. The minimum Gasteiger partial charge on any atom is -0.477 e. The third kappa shape index (κ3) is 7.28. The first-order valence-corrected chi connectivity index (χ1v) is 12.0. The molecule has 0 radical (unpaired) electrons. The average molecular weight is 562 g/mol. The first kappa shape index (κ1) is 27.5. The zero-order chi connectivity index (χ0) is 27.5. The van der Waals surface area contributed by atoms with Gasteiger partial charge < -0.3 is 15.4 Å². The smallest absolute Gasteiger partial charge is 0.434 e. The fourth-order valence-corrected chi connectivity index (χ4v) is 4.56. The number of likely N-dealkylation sites (tertiary alicyclic amines) is 1. The molecule has 1 atom stereocenters. The van der Waals surface area contributed by atoms with Gasteiger partial charge in [0.25, 0.3) is 5.91 Å². The van der Waals surface area contributed by atoms with E-state index in [9.17, 15) is 31.1 Å². The van der Waals surface area contributed by atoms with Crippen LogP contribution in [0, 0.1) is 12.8 Å². The van der Waals surface area contributed by atoms with E-state index in [-0.39, 0.29) is 41.3 Å². The summed E-state index contributed by atoms with van der Waals surface area (Å²) in [5, 5.41) is 5.69. The number of nitrogens with zero attached hydrogens (tertiary/aromatic N) is 5. The zero-order valence-corrected chi connectivity index (χ0v) is 20.5. The molecule has 1 saturated heterocycles. The van der Waals surface area contributed by atoms with E-state index in [4.69, 9.17) is 4.74 Å². The molecule has 0 spiro atoms. The molecule has 0 bridgehead atoms. The molecule has 0 saturated carbocycles. The number of aromatic nitrogens is 4. The van der Waals surface area contributed by atoms with Gasteiger partial charge in [-0.05, 0) is 37.5 Å². The molecule has 2 N–H and O–H groups in total. The highest BCUT2D eigenvalue weighted by molar-refractivity contribution is 7.10. The molecular formula is C22H21F6N7O2S. The molecule has 16 heteroatoms. The Kier molecular flexibility index (Phi) is 8.01. The Hall–Kier alpha value is -3.53. The third-order valence-electron chi connectivity index (χ3n) is 5.51. The lowest BCUT2D eigenvalue weighted by molar-refractivity contribution is -0.144. The van der Waals surface area contributed by atoms with Crippen molar-refractivity contribution in [2.24, 2.45) is 5.92 Å². The van der Waals surface area contributed by atoms with Gasteiger partial charge in [0.1, 0.15) is 10.8 Å². The third-order valence-corrected chi connectivity index (χ3v) is 6.36. The molecule has 0 aromatic carbocycles. The van der Waals surface area contributed by atoms with Gasteiger partial charge >= 0.3 is 12.4 Å². The van der Waals surface area contributed by atoms with Gasteiger partial charge in [-0.1, -0.05) is 0 Å². The van der Waals surface area contributed by atoms with Gasteiger partial charge in [0.2, 0.25) is 5.88 Å². The van der Waals surface area contributed by atoms with Crippen LogP contribution >= 0.6 is 11.5 Å². The van der Waals surface area contributed by atoms with Crippen LogP contribution in [0.5, 0.6) is 5.88 Å². The summed E-state index contributed by atoms with van der Waals surface area (Å²) in [7, 11) is 0. The second kappa shape index (κ2) is 11.1. The number of rotatable bonds is 8. The molecule has 204 valence electrons. The van der Waals surface area contributed by atoms with Crippen LogP contribution in [-0.2, 0) is 6.18 Å². The minimum absolute atomic E-state index is 0.00246. The van der Waals surface area contributed by atoms with Gasteiger partial charge in [-0.2, -0.15) is 30.7 Å². The van der Waals surface area contributed by atoms with Gasteiger partial charge in [0.05, 0.1) is 48.7 Å². The Bertz CT molecular complexity index is 1250. The lowest BCUT2D eigenvalue weighted by atomic mass is 10.1. The summed E-state index contributed by atoms with van der Waals surface area (Å²) in [4.78, 5) is 25.4. The highest BCUT2D eigenvalue weighted by atomic mass is 32.1. The average Bonchev–Trinajstić information content (AvgIpc) is 3.43. The number of hydrogen-bond acceptors (Lipinski definition) is 9. The number of carbonyl (C=O) groups excluding carboxylic acids is 1. The molecule has 3 aromatic rings. The van der Waals surface area contributed by atoms with Crippen LogP contribution in [0.1, 0.15) is 28.2 Å². The van der Waals surface area contributed by atoms with Crippen LogP contribution < -0.4 is 15.4 Å². The summed E-state index contributed by atoms with van der Waals surface area (Å²) in [6.07, 6.45) is -5.42. The maximum Gasteiger partial charge on any atom is 0.434 e. The molecule has 1 aliphatic rings. The lowest BCUT2D eigenvalue weighted by Gasteiger charge is -2.17. The van der Waals surface area contributed by atoms with E-state index in [1.54, 1.807) is 13.0 Å². The van der Waals surface area contributed by atoms with E-state index >= 15 is 0 Å². The Morgan fingerprint density at radius 2 is 1.92 bits per heavy atom. The number of pyridine rings is 1. The highest BCUT2D eigenvalue weighted by Crippen LogP contribution is 2.30. The van der Waals surface area contributed by atoms with E-state index in [0.717, 1.165) is 17.7 Å². The van der Waals surface area contributed by atoms with Crippen molar-refractivity contribution >= 4 is 33.9 Å². The van der Waals surface area contributed by atoms with Crippen molar-refractivity contribution < 1.29 is 35.9 Å². The van der Waals surface area contributed by atoms with E-state index in [1.807, 2.05) is 0 Å². The number of anilines is 3. The number of halogens is 6. The van der Waals surface area contributed by atoms with Crippen molar-refractivity contribution in [3.63, 3.8) is 0 Å². The molecule has 0 unspecified atom stereocenters.